The van der Waals surface area contributed by atoms with Crippen LogP contribution in [-0.2, 0) is 32.9 Å². The van der Waals surface area contributed by atoms with Crippen molar-refractivity contribution in [2.75, 3.05) is 36.6 Å². The van der Waals surface area contributed by atoms with Gasteiger partial charge in [0.1, 0.15) is 5.75 Å². The molecule has 4 heterocycles. The van der Waals surface area contributed by atoms with Crippen LogP contribution in [-0.4, -0.2) is 72.9 Å². The van der Waals surface area contributed by atoms with Gasteiger partial charge < -0.3 is 24.4 Å². The predicted molar refractivity (Wildman–Crippen MR) is 171 cm³/mol. The number of carbonyl (C=O) groups is 2. The van der Waals surface area contributed by atoms with Crippen LogP contribution in [0, 0.1) is 5.92 Å². The van der Waals surface area contributed by atoms with Gasteiger partial charge in [0.15, 0.2) is 5.60 Å². The maximum absolute atomic E-state index is 14.6. The lowest BCUT2D eigenvalue weighted by Crippen LogP contribution is -2.52. The summed E-state index contributed by atoms with van der Waals surface area (Å²) in [5.74, 6) is 0.662. The summed E-state index contributed by atoms with van der Waals surface area (Å²) >= 11 is 0. The Morgan fingerprint density at radius 1 is 1.20 bits per heavy atom. The number of hydrogen-bond donors (Lipinski definition) is 1. The van der Waals surface area contributed by atoms with Crippen molar-refractivity contribution in [1.29, 1.82) is 0 Å². The second kappa shape index (κ2) is 11.6. The Morgan fingerprint density at radius 2 is 1.98 bits per heavy atom. The van der Waals surface area contributed by atoms with Gasteiger partial charge in [0.05, 0.1) is 32.7 Å². The van der Waals surface area contributed by atoms with Crippen molar-refractivity contribution in [1.82, 2.24) is 15.0 Å². The van der Waals surface area contributed by atoms with E-state index in [-0.39, 0.29) is 36.0 Å². The Bertz CT molecular complexity index is 1570. The van der Waals surface area contributed by atoms with Gasteiger partial charge >= 0.3 is 0 Å². The molecule has 3 aliphatic rings. The van der Waals surface area contributed by atoms with E-state index in [1.165, 1.54) is 5.19 Å². The SMILES string of the molecule is C=CCN1C(=O)[C@@]2(O[C@@H](CCn3cc(CCO)nn3)[C@H]([Si](C)(C)c3ccc(OC)cc3)[C@H]2C)c2cc(N3CCC3=O)ccc21. The second-order valence-electron chi connectivity index (χ2n) is 12.6. The molecule has 1 spiro atoms. The molecule has 3 aromatic rings. The molecule has 2 aromatic carbocycles. The Kier molecular flexibility index (Phi) is 7.97. The number of ether oxygens (including phenoxy) is 2. The van der Waals surface area contributed by atoms with Gasteiger partial charge in [-0.2, -0.15) is 0 Å². The van der Waals surface area contributed by atoms with Gasteiger partial charge in [0.2, 0.25) is 5.91 Å². The summed E-state index contributed by atoms with van der Waals surface area (Å²) in [6.07, 6.45) is 4.99. The largest absolute Gasteiger partial charge is 0.497 e. The van der Waals surface area contributed by atoms with Gasteiger partial charge in [-0.25, -0.2) is 0 Å². The van der Waals surface area contributed by atoms with E-state index in [4.69, 9.17) is 9.47 Å². The van der Waals surface area contributed by atoms with Crippen molar-refractivity contribution in [2.24, 2.45) is 5.92 Å². The lowest BCUT2D eigenvalue weighted by molar-refractivity contribution is -0.145. The molecule has 0 aliphatic carbocycles. The molecule has 6 rings (SSSR count). The number of methoxy groups -OCH3 is 1. The molecule has 232 valence electrons. The number of aliphatic hydroxyl groups excluding tert-OH is 1. The van der Waals surface area contributed by atoms with Crippen LogP contribution in [0.2, 0.25) is 18.6 Å². The first-order chi connectivity index (χ1) is 21.1. The molecule has 0 unspecified atom stereocenters. The molecule has 0 saturated carbocycles. The molecule has 2 saturated heterocycles. The summed E-state index contributed by atoms with van der Waals surface area (Å²) in [5, 5.41) is 19.1. The molecule has 4 atom stereocenters. The van der Waals surface area contributed by atoms with Crippen LogP contribution in [0.15, 0.2) is 61.3 Å². The maximum atomic E-state index is 14.6. The van der Waals surface area contributed by atoms with E-state index >= 15 is 0 Å². The van der Waals surface area contributed by atoms with Crippen molar-refractivity contribution >= 4 is 36.4 Å². The first kappa shape index (κ1) is 30.2. The maximum Gasteiger partial charge on any atom is 0.264 e. The molecule has 44 heavy (non-hydrogen) atoms. The molecule has 3 aliphatic heterocycles. The summed E-state index contributed by atoms with van der Waals surface area (Å²) < 4.78 is 14.4. The van der Waals surface area contributed by atoms with Crippen LogP contribution in [0.3, 0.4) is 0 Å². The highest BCUT2D eigenvalue weighted by Crippen LogP contribution is 2.60. The first-order valence-electron chi connectivity index (χ1n) is 15.4. The molecule has 0 bridgehead atoms. The fourth-order valence-electron chi connectivity index (χ4n) is 7.57. The zero-order chi connectivity index (χ0) is 31.2. The Morgan fingerprint density at radius 3 is 2.61 bits per heavy atom. The van der Waals surface area contributed by atoms with Gasteiger partial charge in [-0.3, -0.25) is 14.3 Å². The number of anilines is 2. The number of benzene rings is 2. The lowest BCUT2D eigenvalue weighted by atomic mass is 9.82. The number of fused-ring (bicyclic) bond motifs is 2. The second-order valence-corrected chi connectivity index (χ2v) is 17.3. The summed E-state index contributed by atoms with van der Waals surface area (Å²) in [5.41, 5.74) is 2.06. The van der Waals surface area contributed by atoms with Crippen molar-refractivity contribution < 1.29 is 24.2 Å². The molecular formula is C33H41N5O5Si. The molecule has 11 heteroatoms. The number of amides is 2. The number of nitrogens with zero attached hydrogens (tertiary/aromatic N) is 5. The number of aliphatic hydroxyl groups is 1. The number of rotatable bonds is 11. The van der Waals surface area contributed by atoms with Crippen molar-refractivity contribution in [3.8, 4) is 5.75 Å². The van der Waals surface area contributed by atoms with Gasteiger partial charge in [0, 0.05) is 62.4 Å². The van der Waals surface area contributed by atoms with Crippen LogP contribution in [0.1, 0.15) is 31.0 Å². The summed E-state index contributed by atoms with van der Waals surface area (Å²) in [4.78, 5) is 30.6. The van der Waals surface area contributed by atoms with Crippen molar-refractivity contribution in [3.63, 3.8) is 0 Å². The molecular weight excluding hydrogens is 574 g/mol. The van der Waals surface area contributed by atoms with Gasteiger partial charge in [0.25, 0.3) is 5.91 Å². The van der Waals surface area contributed by atoms with E-state index in [0.717, 1.165) is 28.4 Å². The number of carbonyl (C=O) groups excluding carboxylic acids is 2. The summed E-state index contributed by atoms with van der Waals surface area (Å²) in [6.45, 7) is 12.4. The molecule has 2 amide bonds. The topological polar surface area (TPSA) is 110 Å². The Hall–Kier alpha value is -3.80. The minimum absolute atomic E-state index is 0.0158. The summed E-state index contributed by atoms with van der Waals surface area (Å²) in [6, 6.07) is 14.2. The highest BCUT2D eigenvalue weighted by molar-refractivity contribution is 6.91. The van der Waals surface area contributed by atoms with E-state index < -0.39 is 13.7 Å². The smallest absolute Gasteiger partial charge is 0.264 e. The van der Waals surface area contributed by atoms with E-state index in [2.05, 4.69) is 49.0 Å². The molecule has 0 radical (unpaired) electrons. The highest BCUT2D eigenvalue weighted by Gasteiger charge is 2.66. The van der Waals surface area contributed by atoms with Crippen LogP contribution < -0.4 is 19.7 Å². The fourth-order valence-corrected chi connectivity index (χ4v) is 11.6. The highest BCUT2D eigenvalue weighted by atomic mass is 28.3. The molecule has 1 N–H and O–H groups in total. The van der Waals surface area contributed by atoms with Gasteiger partial charge in [-0.05, 0) is 42.3 Å². The lowest BCUT2D eigenvalue weighted by Gasteiger charge is -2.37. The monoisotopic (exact) mass is 615 g/mol. The van der Waals surface area contributed by atoms with Crippen LogP contribution in [0.25, 0.3) is 0 Å². The minimum Gasteiger partial charge on any atom is -0.497 e. The zero-order valence-electron chi connectivity index (χ0n) is 25.9. The molecule has 10 nitrogen and oxygen atoms in total. The third-order valence-electron chi connectivity index (χ3n) is 9.89. The van der Waals surface area contributed by atoms with Crippen molar-refractivity contribution in [3.05, 3.63) is 72.6 Å². The summed E-state index contributed by atoms with van der Waals surface area (Å²) in [7, 11) is -0.628. The quantitative estimate of drug-likeness (QED) is 0.200. The van der Waals surface area contributed by atoms with Crippen molar-refractivity contribution in [2.45, 2.75) is 63.1 Å². The Balaban J connectivity index is 1.43. The number of aryl methyl sites for hydroxylation is 1. The predicted octanol–water partition coefficient (Wildman–Crippen LogP) is 3.40. The Labute approximate surface area is 259 Å². The number of β-lactam (4-membered cyclic amide) rings is 1. The first-order valence-corrected chi connectivity index (χ1v) is 18.4. The van der Waals surface area contributed by atoms with E-state index in [9.17, 15) is 14.7 Å². The number of aromatic nitrogens is 3. The standard InChI is InChI=1S/C33H41N5O5Si/c1-6-16-38-28-12-7-24(37-18-14-30(37)40)20-27(28)33(32(38)41)22(2)31(44(4,5)26-10-8-25(42-3)9-11-26)29(43-33)13-17-36-21-23(15-19-39)34-35-36/h6-12,20-22,29,31,39H,1,13-19H2,2-5H3/t22-,29+,31-,33+/m1/s1. The molecule has 1 aromatic heterocycles. The normalized spacial score (nSPS) is 24.6. The van der Waals surface area contributed by atoms with Crippen LogP contribution in [0.5, 0.6) is 5.75 Å². The van der Waals surface area contributed by atoms with E-state index in [1.54, 1.807) is 27.7 Å². The minimum atomic E-state index is -2.30. The third-order valence-corrected chi connectivity index (χ3v) is 14.2. The van der Waals surface area contributed by atoms with Gasteiger partial charge in [-0.15, -0.1) is 11.7 Å². The average molecular weight is 616 g/mol. The average Bonchev–Trinajstić information content (AvgIpc) is 3.66. The zero-order valence-corrected chi connectivity index (χ0v) is 26.9. The van der Waals surface area contributed by atoms with E-state index in [0.29, 0.717) is 38.9 Å². The third kappa shape index (κ3) is 4.78. The van der Waals surface area contributed by atoms with Crippen LogP contribution >= 0.6 is 0 Å². The van der Waals surface area contributed by atoms with Crippen LogP contribution in [0.4, 0.5) is 11.4 Å². The van der Waals surface area contributed by atoms with E-state index in [1.807, 2.05) is 36.5 Å². The number of hydrogen-bond acceptors (Lipinski definition) is 7. The fraction of sp³-hybridized carbons (Fsp3) is 0.455. The molecule has 2 fully saturated rings. The van der Waals surface area contributed by atoms with Gasteiger partial charge in [-0.1, -0.05) is 48.6 Å².